The summed E-state index contributed by atoms with van der Waals surface area (Å²) < 4.78 is 26.8. The minimum atomic E-state index is -1.03. The van der Waals surface area contributed by atoms with E-state index in [4.69, 9.17) is 5.73 Å². The standard InChI is InChI=1S/C17H14F2N2/c1-17(20,12-7-14(18)9-15(19)8-12)13-6-11-4-2-3-5-16(11)21-10-13/h2-10H,20H2,1H3. The van der Waals surface area contributed by atoms with Crippen molar-refractivity contribution in [2.24, 2.45) is 5.73 Å². The maximum absolute atomic E-state index is 13.4. The summed E-state index contributed by atoms with van der Waals surface area (Å²) in [5.74, 6) is -1.29. The van der Waals surface area contributed by atoms with Gasteiger partial charge in [-0.15, -0.1) is 0 Å². The highest BCUT2D eigenvalue weighted by Crippen LogP contribution is 2.29. The minimum Gasteiger partial charge on any atom is -0.318 e. The average Bonchev–Trinajstić information content (AvgIpc) is 2.45. The molecule has 0 spiro atoms. The monoisotopic (exact) mass is 284 g/mol. The fourth-order valence-corrected chi connectivity index (χ4v) is 2.38. The third kappa shape index (κ3) is 2.50. The van der Waals surface area contributed by atoms with Crippen LogP contribution in [-0.4, -0.2) is 4.98 Å². The van der Waals surface area contributed by atoms with Gasteiger partial charge in [-0.05, 0) is 42.3 Å². The number of aromatic nitrogens is 1. The molecule has 1 unspecified atom stereocenters. The second-order valence-electron chi connectivity index (χ2n) is 5.28. The minimum absolute atomic E-state index is 0.372. The van der Waals surface area contributed by atoms with Gasteiger partial charge in [-0.1, -0.05) is 18.2 Å². The van der Waals surface area contributed by atoms with Crippen LogP contribution >= 0.6 is 0 Å². The molecule has 0 radical (unpaired) electrons. The first kappa shape index (κ1) is 13.6. The molecule has 0 aliphatic heterocycles. The summed E-state index contributed by atoms with van der Waals surface area (Å²) in [4.78, 5) is 4.35. The van der Waals surface area contributed by atoms with E-state index in [1.165, 1.54) is 12.1 Å². The second kappa shape index (κ2) is 4.90. The van der Waals surface area contributed by atoms with E-state index >= 15 is 0 Å². The van der Waals surface area contributed by atoms with Crippen LogP contribution in [0.25, 0.3) is 10.9 Å². The molecule has 0 bridgehead atoms. The third-order valence-corrected chi connectivity index (χ3v) is 3.65. The van der Waals surface area contributed by atoms with Gasteiger partial charge in [-0.2, -0.15) is 0 Å². The molecule has 0 aliphatic carbocycles. The van der Waals surface area contributed by atoms with Crippen molar-refractivity contribution in [1.29, 1.82) is 0 Å². The lowest BCUT2D eigenvalue weighted by Gasteiger charge is -2.26. The zero-order chi connectivity index (χ0) is 15.0. The Hall–Kier alpha value is -2.33. The van der Waals surface area contributed by atoms with E-state index in [1.807, 2.05) is 30.3 Å². The number of benzene rings is 2. The quantitative estimate of drug-likeness (QED) is 0.778. The van der Waals surface area contributed by atoms with Crippen LogP contribution in [0.2, 0.25) is 0 Å². The van der Waals surface area contributed by atoms with E-state index in [0.29, 0.717) is 11.1 Å². The Morgan fingerprint density at radius 1 is 0.952 bits per heavy atom. The van der Waals surface area contributed by atoms with Gasteiger partial charge >= 0.3 is 0 Å². The van der Waals surface area contributed by atoms with Crippen LogP contribution in [0.1, 0.15) is 18.1 Å². The van der Waals surface area contributed by atoms with Gasteiger partial charge < -0.3 is 5.73 Å². The Labute approximate surface area is 121 Å². The molecule has 0 fully saturated rings. The highest BCUT2D eigenvalue weighted by molar-refractivity contribution is 5.79. The molecular formula is C17H14F2N2. The van der Waals surface area contributed by atoms with E-state index < -0.39 is 17.2 Å². The molecule has 2 nitrogen and oxygen atoms in total. The zero-order valence-electron chi connectivity index (χ0n) is 11.5. The molecule has 4 heteroatoms. The van der Waals surface area contributed by atoms with Gasteiger partial charge in [0.05, 0.1) is 11.1 Å². The number of pyridine rings is 1. The molecule has 0 amide bonds. The maximum atomic E-state index is 13.4. The Balaban J connectivity index is 2.14. The lowest BCUT2D eigenvalue weighted by Crippen LogP contribution is -2.34. The molecule has 1 aromatic heterocycles. The molecule has 1 atom stereocenters. The summed E-state index contributed by atoms with van der Waals surface area (Å²) in [6.45, 7) is 1.72. The molecule has 3 rings (SSSR count). The van der Waals surface area contributed by atoms with E-state index in [-0.39, 0.29) is 0 Å². The summed E-state index contributed by atoms with van der Waals surface area (Å²) in [5.41, 5.74) is 7.21. The Kier molecular flexibility index (Phi) is 3.18. The number of fused-ring (bicyclic) bond motifs is 1. The number of para-hydroxylation sites is 1. The van der Waals surface area contributed by atoms with Crippen molar-refractivity contribution < 1.29 is 8.78 Å². The van der Waals surface area contributed by atoms with Crippen molar-refractivity contribution in [3.8, 4) is 0 Å². The van der Waals surface area contributed by atoms with Crippen LogP contribution in [0.15, 0.2) is 54.7 Å². The van der Waals surface area contributed by atoms with Gasteiger partial charge in [-0.3, -0.25) is 4.98 Å². The van der Waals surface area contributed by atoms with Gasteiger partial charge in [0, 0.05) is 17.6 Å². The van der Waals surface area contributed by atoms with Crippen molar-refractivity contribution in [1.82, 2.24) is 4.98 Å². The Morgan fingerprint density at radius 3 is 2.33 bits per heavy atom. The van der Waals surface area contributed by atoms with Gasteiger partial charge in [0.2, 0.25) is 0 Å². The van der Waals surface area contributed by atoms with E-state index in [9.17, 15) is 8.78 Å². The van der Waals surface area contributed by atoms with Crippen LogP contribution < -0.4 is 5.73 Å². The van der Waals surface area contributed by atoms with Gasteiger partial charge in [0.1, 0.15) is 11.6 Å². The first-order valence-corrected chi connectivity index (χ1v) is 6.57. The van der Waals surface area contributed by atoms with Crippen molar-refractivity contribution in [3.05, 3.63) is 77.5 Å². The van der Waals surface area contributed by atoms with Crippen LogP contribution in [-0.2, 0) is 5.54 Å². The lowest BCUT2D eigenvalue weighted by atomic mass is 9.86. The lowest BCUT2D eigenvalue weighted by molar-refractivity contribution is 0.550. The number of halogens is 2. The van der Waals surface area contributed by atoms with Gasteiger partial charge in [0.15, 0.2) is 0 Å². The molecule has 0 aliphatic rings. The molecule has 0 saturated carbocycles. The number of hydrogen-bond donors (Lipinski definition) is 1. The van der Waals surface area contributed by atoms with Crippen LogP contribution in [0.3, 0.4) is 0 Å². The number of nitrogens with two attached hydrogens (primary N) is 1. The molecule has 2 aromatic carbocycles. The van der Waals surface area contributed by atoms with E-state index in [2.05, 4.69) is 4.98 Å². The summed E-state index contributed by atoms with van der Waals surface area (Å²) in [6, 6.07) is 12.9. The fourth-order valence-electron chi connectivity index (χ4n) is 2.38. The van der Waals surface area contributed by atoms with Gasteiger partial charge in [-0.25, -0.2) is 8.78 Å². The zero-order valence-corrected chi connectivity index (χ0v) is 11.5. The highest BCUT2D eigenvalue weighted by atomic mass is 19.1. The van der Waals surface area contributed by atoms with E-state index in [1.54, 1.807) is 13.1 Å². The van der Waals surface area contributed by atoms with Crippen LogP contribution in [0.4, 0.5) is 8.78 Å². The van der Waals surface area contributed by atoms with E-state index in [0.717, 1.165) is 17.0 Å². The predicted octanol–water partition coefficient (Wildman–Crippen LogP) is 3.74. The molecule has 1 heterocycles. The molecule has 0 saturated heterocycles. The Morgan fingerprint density at radius 2 is 1.62 bits per heavy atom. The molecule has 106 valence electrons. The molecule has 21 heavy (non-hydrogen) atoms. The maximum Gasteiger partial charge on any atom is 0.126 e. The van der Waals surface area contributed by atoms with Crippen molar-refractivity contribution >= 4 is 10.9 Å². The molecule has 3 aromatic rings. The predicted molar refractivity (Wildman–Crippen MR) is 78.7 cm³/mol. The van der Waals surface area contributed by atoms with Crippen molar-refractivity contribution in [2.45, 2.75) is 12.5 Å². The third-order valence-electron chi connectivity index (χ3n) is 3.65. The Bertz CT molecular complexity index is 792. The largest absolute Gasteiger partial charge is 0.318 e. The summed E-state index contributed by atoms with van der Waals surface area (Å²) >= 11 is 0. The smallest absolute Gasteiger partial charge is 0.126 e. The topological polar surface area (TPSA) is 38.9 Å². The SMILES string of the molecule is CC(N)(c1cc(F)cc(F)c1)c1cnc2ccccc2c1. The molecule has 2 N–H and O–H groups in total. The number of hydrogen-bond acceptors (Lipinski definition) is 2. The second-order valence-corrected chi connectivity index (χ2v) is 5.28. The first-order valence-electron chi connectivity index (χ1n) is 6.57. The normalized spacial score (nSPS) is 14.1. The average molecular weight is 284 g/mol. The summed E-state index contributed by atoms with van der Waals surface area (Å²) in [6.07, 6.45) is 1.64. The fraction of sp³-hybridized carbons (Fsp3) is 0.118. The molecular weight excluding hydrogens is 270 g/mol. The van der Waals surface area contributed by atoms with Crippen LogP contribution in [0, 0.1) is 11.6 Å². The number of rotatable bonds is 2. The van der Waals surface area contributed by atoms with Crippen LogP contribution in [0.5, 0.6) is 0 Å². The highest BCUT2D eigenvalue weighted by Gasteiger charge is 2.25. The van der Waals surface area contributed by atoms with Gasteiger partial charge in [0.25, 0.3) is 0 Å². The van der Waals surface area contributed by atoms with Crippen molar-refractivity contribution in [3.63, 3.8) is 0 Å². The summed E-state index contributed by atoms with van der Waals surface area (Å²) in [5, 5.41) is 0.934. The number of nitrogens with zero attached hydrogens (tertiary/aromatic N) is 1. The first-order chi connectivity index (χ1) is 9.96. The van der Waals surface area contributed by atoms with Crippen molar-refractivity contribution in [2.75, 3.05) is 0 Å². The summed E-state index contributed by atoms with van der Waals surface area (Å²) in [7, 11) is 0.